The van der Waals surface area contributed by atoms with Crippen LogP contribution in [-0.2, 0) is 19.5 Å². The second-order valence-electron chi connectivity index (χ2n) is 14.7. The van der Waals surface area contributed by atoms with Gasteiger partial charge in [0, 0.05) is 11.8 Å². The highest BCUT2D eigenvalue weighted by molar-refractivity contribution is 6.74. The number of benzene rings is 4. The zero-order valence-electron chi connectivity index (χ0n) is 30.9. The van der Waals surface area contributed by atoms with Crippen molar-refractivity contribution in [3.63, 3.8) is 0 Å². The van der Waals surface area contributed by atoms with Gasteiger partial charge in [-0.15, -0.1) is 0 Å². The van der Waals surface area contributed by atoms with Gasteiger partial charge in [-0.05, 0) is 65.2 Å². The van der Waals surface area contributed by atoms with E-state index in [1.165, 1.54) is 16.8 Å². The number of anilines is 1. The number of hydrogen-bond acceptors (Lipinski definition) is 8. The smallest absolute Gasteiger partial charge is 0.351 e. The Morgan fingerprint density at radius 3 is 1.92 bits per heavy atom. The number of nitrogens with zero attached hydrogens (tertiary/aromatic N) is 2. The van der Waals surface area contributed by atoms with E-state index in [-0.39, 0.29) is 17.5 Å². The monoisotopic (exact) mass is 733 g/mol. The van der Waals surface area contributed by atoms with Crippen LogP contribution in [0.2, 0.25) is 18.1 Å². The molecular formula is C42H47N3O7Si. The van der Waals surface area contributed by atoms with Gasteiger partial charge >= 0.3 is 5.69 Å². The Morgan fingerprint density at radius 1 is 0.849 bits per heavy atom. The van der Waals surface area contributed by atoms with Gasteiger partial charge in [-0.1, -0.05) is 112 Å². The minimum absolute atomic E-state index is 0.0573. The third kappa shape index (κ3) is 7.90. The summed E-state index contributed by atoms with van der Waals surface area (Å²) in [5.41, 5.74) is 1.26. The van der Waals surface area contributed by atoms with Crippen LogP contribution in [0.1, 0.15) is 54.0 Å². The molecule has 0 aliphatic carbocycles. The maximum atomic E-state index is 13.6. The number of rotatable bonds is 12. The lowest BCUT2D eigenvalue weighted by atomic mass is 9.80. The zero-order chi connectivity index (χ0) is 37.8. The van der Waals surface area contributed by atoms with Crippen molar-refractivity contribution in [2.75, 3.05) is 19.0 Å². The third-order valence-corrected chi connectivity index (χ3v) is 14.7. The second-order valence-corrected chi connectivity index (χ2v) is 19.4. The van der Waals surface area contributed by atoms with Crippen LogP contribution in [0, 0.1) is 0 Å². The van der Waals surface area contributed by atoms with E-state index in [1.54, 1.807) is 31.4 Å². The van der Waals surface area contributed by atoms with E-state index < -0.39 is 50.1 Å². The molecule has 0 unspecified atom stereocenters. The lowest BCUT2D eigenvalue weighted by Crippen LogP contribution is -2.49. The maximum Gasteiger partial charge on any atom is 0.351 e. The van der Waals surface area contributed by atoms with Crippen LogP contribution in [0.15, 0.2) is 132 Å². The zero-order valence-corrected chi connectivity index (χ0v) is 31.9. The number of amides is 1. The summed E-state index contributed by atoms with van der Waals surface area (Å²) in [6.07, 6.45) is -2.51. The average molecular weight is 734 g/mol. The number of carbonyl (C=O) groups excluding carboxylic acids is 1. The van der Waals surface area contributed by atoms with E-state index in [9.17, 15) is 14.7 Å². The number of nitrogens with one attached hydrogen (secondary N) is 1. The van der Waals surface area contributed by atoms with Crippen molar-refractivity contribution in [1.82, 2.24) is 9.55 Å². The van der Waals surface area contributed by atoms with Crippen LogP contribution in [0.4, 0.5) is 5.82 Å². The minimum Gasteiger partial charge on any atom is -0.497 e. The largest absolute Gasteiger partial charge is 0.497 e. The molecule has 1 amide bonds. The van der Waals surface area contributed by atoms with Crippen LogP contribution < -0.4 is 15.7 Å². The first kappa shape index (κ1) is 37.8. The molecule has 5 aromatic rings. The predicted molar refractivity (Wildman–Crippen MR) is 207 cm³/mol. The molecule has 1 aromatic heterocycles. The van der Waals surface area contributed by atoms with Gasteiger partial charge in [0.1, 0.15) is 35.5 Å². The summed E-state index contributed by atoms with van der Waals surface area (Å²) in [4.78, 5) is 30.6. The Bertz CT molecular complexity index is 2000. The van der Waals surface area contributed by atoms with Crippen molar-refractivity contribution < 1.29 is 28.5 Å². The van der Waals surface area contributed by atoms with Crippen LogP contribution in [0.3, 0.4) is 0 Å². The lowest BCUT2D eigenvalue weighted by Gasteiger charge is -2.40. The highest BCUT2D eigenvalue weighted by Gasteiger charge is 2.51. The highest BCUT2D eigenvalue weighted by atomic mass is 28.4. The average Bonchev–Trinajstić information content (AvgIpc) is 3.46. The predicted octanol–water partition coefficient (Wildman–Crippen LogP) is 7.16. The molecule has 11 heteroatoms. The van der Waals surface area contributed by atoms with Crippen LogP contribution in [-0.4, -0.2) is 60.9 Å². The summed E-state index contributed by atoms with van der Waals surface area (Å²) < 4.78 is 27.3. The Labute approximate surface area is 311 Å². The number of aliphatic hydroxyl groups is 1. The van der Waals surface area contributed by atoms with Crippen molar-refractivity contribution in [1.29, 1.82) is 0 Å². The molecule has 1 aliphatic heterocycles. The summed E-state index contributed by atoms with van der Waals surface area (Å²) in [7, 11) is -0.891. The number of aromatic nitrogens is 2. The molecule has 6 rings (SSSR count). The van der Waals surface area contributed by atoms with Crippen LogP contribution in [0.25, 0.3) is 0 Å². The van der Waals surface area contributed by atoms with Crippen molar-refractivity contribution in [3.8, 4) is 5.75 Å². The van der Waals surface area contributed by atoms with E-state index in [1.807, 2.05) is 91.0 Å². The minimum atomic E-state index is -2.52. The fourth-order valence-electron chi connectivity index (χ4n) is 6.31. The number of carbonyl (C=O) groups is 1. The molecular weight excluding hydrogens is 687 g/mol. The van der Waals surface area contributed by atoms with Gasteiger partial charge in [-0.3, -0.25) is 9.36 Å². The summed E-state index contributed by atoms with van der Waals surface area (Å²) >= 11 is 0. The van der Waals surface area contributed by atoms with Crippen molar-refractivity contribution in [2.45, 2.75) is 69.0 Å². The first-order valence-electron chi connectivity index (χ1n) is 17.7. The summed E-state index contributed by atoms with van der Waals surface area (Å²) in [6, 6.07) is 37.8. The summed E-state index contributed by atoms with van der Waals surface area (Å²) in [5, 5.41) is 14.5. The molecule has 0 saturated carbocycles. The molecule has 0 radical (unpaired) electrons. The van der Waals surface area contributed by atoms with Gasteiger partial charge in [0.15, 0.2) is 14.5 Å². The number of methoxy groups -OCH3 is 1. The SMILES string of the molecule is COc1ccc(C(OC[C@@H]2O[C@H](n3ccc(NC(=O)c4ccccc4)nc3=O)[C@H](O[Si](C)(C)C(C)(C)C)[C@@H]2O)(c2ccccc2)c2ccccc2)cc1. The van der Waals surface area contributed by atoms with Gasteiger partial charge in [0.25, 0.3) is 5.91 Å². The van der Waals surface area contributed by atoms with Gasteiger partial charge in [0.05, 0.1) is 13.7 Å². The number of hydrogen-bond donors (Lipinski definition) is 2. The quantitative estimate of drug-likeness (QED) is 0.102. The topological polar surface area (TPSA) is 121 Å². The normalized spacial score (nSPS) is 19.2. The summed E-state index contributed by atoms with van der Waals surface area (Å²) in [6.45, 7) is 10.4. The molecule has 2 heterocycles. The summed E-state index contributed by atoms with van der Waals surface area (Å²) in [5.74, 6) is 0.406. The fourth-order valence-corrected chi connectivity index (χ4v) is 7.60. The van der Waals surface area contributed by atoms with E-state index >= 15 is 0 Å². The molecule has 276 valence electrons. The van der Waals surface area contributed by atoms with E-state index in [2.05, 4.69) is 44.2 Å². The Balaban J connectivity index is 1.36. The van der Waals surface area contributed by atoms with E-state index in [0.29, 0.717) is 11.3 Å². The van der Waals surface area contributed by atoms with E-state index in [0.717, 1.165) is 16.7 Å². The first-order valence-corrected chi connectivity index (χ1v) is 20.6. The van der Waals surface area contributed by atoms with Gasteiger partial charge in [0.2, 0.25) is 0 Å². The Kier molecular flexibility index (Phi) is 11.1. The number of ether oxygens (including phenoxy) is 3. The first-order chi connectivity index (χ1) is 25.3. The molecule has 4 atom stereocenters. The second kappa shape index (κ2) is 15.6. The molecule has 1 fully saturated rings. The molecule has 0 bridgehead atoms. The molecule has 2 N–H and O–H groups in total. The maximum absolute atomic E-state index is 13.6. The lowest BCUT2D eigenvalue weighted by molar-refractivity contribution is -0.0956. The highest BCUT2D eigenvalue weighted by Crippen LogP contribution is 2.44. The Morgan fingerprint density at radius 2 is 1.40 bits per heavy atom. The third-order valence-electron chi connectivity index (χ3n) is 10.3. The van der Waals surface area contributed by atoms with Crippen LogP contribution >= 0.6 is 0 Å². The molecule has 0 spiro atoms. The number of aliphatic hydroxyl groups excluding tert-OH is 1. The van der Waals surface area contributed by atoms with Gasteiger partial charge < -0.3 is 29.1 Å². The van der Waals surface area contributed by atoms with Gasteiger partial charge in [-0.25, -0.2) is 4.79 Å². The van der Waals surface area contributed by atoms with E-state index in [4.69, 9.17) is 18.6 Å². The molecule has 1 aliphatic rings. The Hall–Kier alpha value is -4.91. The van der Waals surface area contributed by atoms with Gasteiger partial charge in [-0.2, -0.15) is 4.98 Å². The molecule has 1 saturated heterocycles. The van der Waals surface area contributed by atoms with Crippen molar-refractivity contribution in [2.24, 2.45) is 0 Å². The molecule has 4 aromatic carbocycles. The van der Waals surface area contributed by atoms with Crippen LogP contribution in [0.5, 0.6) is 5.75 Å². The molecule has 10 nitrogen and oxygen atoms in total. The molecule has 53 heavy (non-hydrogen) atoms. The fraction of sp³-hybridized carbons (Fsp3) is 0.310. The standard InChI is InChI=1S/C42H47N3O7Si/c1-41(2,3)53(5,6)52-37-36(46)34(51-39(37)45-27-26-35(44-40(45)48)43-38(47)29-16-10-7-11-17-29)28-50-42(30-18-12-8-13-19-30,31-20-14-9-15-21-31)32-22-24-33(49-4)25-23-32/h7-27,34,36-37,39,46H,28H2,1-6H3,(H,43,44,47,48)/t34-,36+,37+,39-/m0/s1. The van der Waals surface area contributed by atoms with Crippen molar-refractivity contribution in [3.05, 3.63) is 160 Å². The van der Waals surface area contributed by atoms with Crippen molar-refractivity contribution >= 4 is 20.0 Å².